The lowest BCUT2D eigenvalue weighted by molar-refractivity contribution is 0.299. The fourth-order valence-corrected chi connectivity index (χ4v) is 2.90. The molecule has 1 aromatic carbocycles. The SMILES string of the molecule is OCCc1ccc(NCc2csc(-c3ccccn3)n2)cc1. The number of nitrogens with one attached hydrogen (secondary N) is 1. The third-order valence-corrected chi connectivity index (χ3v) is 4.18. The predicted octanol–water partition coefficient (Wildman–Crippen LogP) is 3.35. The summed E-state index contributed by atoms with van der Waals surface area (Å²) < 4.78 is 0. The molecule has 2 heterocycles. The van der Waals surface area contributed by atoms with Crippen LogP contribution in [0.4, 0.5) is 5.69 Å². The van der Waals surface area contributed by atoms with Crippen molar-refractivity contribution in [1.29, 1.82) is 0 Å². The molecular weight excluding hydrogens is 294 g/mol. The first-order chi connectivity index (χ1) is 10.8. The summed E-state index contributed by atoms with van der Waals surface area (Å²) in [7, 11) is 0. The molecule has 3 aromatic rings. The number of anilines is 1. The van der Waals surface area contributed by atoms with Crippen LogP contribution in [0.5, 0.6) is 0 Å². The summed E-state index contributed by atoms with van der Waals surface area (Å²) in [6.45, 7) is 0.866. The van der Waals surface area contributed by atoms with E-state index in [0.717, 1.165) is 27.6 Å². The van der Waals surface area contributed by atoms with Crippen molar-refractivity contribution in [2.24, 2.45) is 0 Å². The molecule has 0 aliphatic heterocycles. The molecule has 112 valence electrons. The van der Waals surface area contributed by atoms with E-state index in [1.54, 1.807) is 17.5 Å². The van der Waals surface area contributed by atoms with Crippen LogP contribution >= 0.6 is 11.3 Å². The van der Waals surface area contributed by atoms with Crippen molar-refractivity contribution in [2.75, 3.05) is 11.9 Å². The van der Waals surface area contributed by atoms with Crippen LogP contribution in [0, 0.1) is 0 Å². The van der Waals surface area contributed by atoms with Crippen LogP contribution < -0.4 is 5.32 Å². The largest absolute Gasteiger partial charge is 0.396 e. The molecule has 3 rings (SSSR count). The Morgan fingerprint density at radius 2 is 1.95 bits per heavy atom. The summed E-state index contributed by atoms with van der Waals surface area (Å²) >= 11 is 1.61. The van der Waals surface area contributed by atoms with Crippen LogP contribution in [-0.2, 0) is 13.0 Å². The quantitative estimate of drug-likeness (QED) is 0.733. The molecule has 0 aliphatic rings. The third-order valence-electron chi connectivity index (χ3n) is 3.26. The number of benzene rings is 1. The average molecular weight is 311 g/mol. The summed E-state index contributed by atoms with van der Waals surface area (Å²) in [6, 6.07) is 13.9. The second kappa shape index (κ2) is 7.15. The van der Waals surface area contributed by atoms with Gasteiger partial charge in [0.1, 0.15) is 5.01 Å². The van der Waals surface area contributed by atoms with E-state index in [0.29, 0.717) is 13.0 Å². The number of thiazole rings is 1. The summed E-state index contributed by atoms with van der Waals surface area (Å²) in [4.78, 5) is 8.92. The van der Waals surface area contributed by atoms with Gasteiger partial charge in [-0.3, -0.25) is 4.98 Å². The first kappa shape index (κ1) is 14.7. The first-order valence-corrected chi connectivity index (χ1v) is 8.02. The minimum atomic E-state index is 0.182. The lowest BCUT2D eigenvalue weighted by Gasteiger charge is -2.05. The normalized spacial score (nSPS) is 10.6. The Labute approximate surface area is 133 Å². The molecule has 0 saturated heterocycles. The highest BCUT2D eigenvalue weighted by Gasteiger charge is 2.05. The summed E-state index contributed by atoms with van der Waals surface area (Å²) in [5.41, 5.74) is 4.10. The molecule has 0 unspecified atom stereocenters. The molecule has 0 spiro atoms. The van der Waals surface area contributed by atoms with Crippen molar-refractivity contribution in [1.82, 2.24) is 9.97 Å². The molecule has 4 nitrogen and oxygen atoms in total. The van der Waals surface area contributed by atoms with Crippen LogP contribution in [0.15, 0.2) is 54.0 Å². The van der Waals surface area contributed by atoms with Crippen LogP contribution in [0.25, 0.3) is 10.7 Å². The van der Waals surface area contributed by atoms with Gasteiger partial charge in [-0.15, -0.1) is 11.3 Å². The van der Waals surface area contributed by atoms with Gasteiger partial charge in [-0.1, -0.05) is 18.2 Å². The van der Waals surface area contributed by atoms with E-state index >= 15 is 0 Å². The van der Waals surface area contributed by atoms with Crippen LogP contribution in [0.2, 0.25) is 0 Å². The van der Waals surface area contributed by atoms with E-state index in [9.17, 15) is 0 Å². The summed E-state index contributed by atoms with van der Waals surface area (Å²) in [5, 5.41) is 15.3. The van der Waals surface area contributed by atoms with Gasteiger partial charge in [0.25, 0.3) is 0 Å². The summed E-state index contributed by atoms with van der Waals surface area (Å²) in [5.74, 6) is 0. The summed E-state index contributed by atoms with van der Waals surface area (Å²) in [6.07, 6.45) is 2.47. The zero-order valence-corrected chi connectivity index (χ0v) is 12.9. The molecule has 0 radical (unpaired) electrons. The molecule has 22 heavy (non-hydrogen) atoms. The highest BCUT2D eigenvalue weighted by Crippen LogP contribution is 2.22. The second-order valence-electron chi connectivity index (χ2n) is 4.88. The Balaban J connectivity index is 1.61. The van der Waals surface area contributed by atoms with Crippen molar-refractivity contribution in [2.45, 2.75) is 13.0 Å². The van der Waals surface area contributed by atoms with Crippen molar-refractivity contribution in [3.05, 3.63) is 65.3 Å². The minimum absolute atomic E-state index is 0.182. The van der Waals surface area contributed by atoms with Crippen molar-refractivity contribution in [3.8, 4) is 10.7 Å². The fourth-order valence-electron chi connectivity index (χ4n) is 2.11. The highest BCUT2D eigenvalue weighted by atomic mass is 32.1. The van der Waals surface area contributed by atoms with E-state index in [2.05, 4.69) is 20.7 Å². The molecule has 2 aromatic heterocycles. The highest BCUT2D eigenvalue weighted by molar-refractivity contribution is 7.13. The minimum Gasteiger partial charge on any atom is -0.396 e. The first-order valence-electron chi connectivity index (χ1n) is 7.14. The number of hydrogen-bond donors (Lipinski definition) is 2. The fraction of sp³-hybridized carbons (Fsp3) is 0.176. The monoisotopic (exact) mass is 311 g/mol. The Hall–Kier alpha value is -2.24. The lowest BCUT2D eigenvalue weighted by Crippen LogP contribution is -2.00. The molecule has 0 saturated carbocycles. The molecule has 0 atom stereocenters. The van der Waals surface area contributed by atoms with Crippen LogP contribution in [0.1, 0.15) is 11.3 Å². The zero-order chi connectivity index (χ0) is 15.2. The molecule has 0 fully saturated rings. The zero-order valence-electron chi connectivity index (χ0n) is 12.1. The van der Waals surface area contributed by atoms with Gasteiger partial charge in [0.15, 0.2) is 0 Å². The number of aromatic nitrogens is 2. The Morgan fingerprint density at radius 1 is 1.09 bits per heavy atom. The smallest absolute Gasteiger partial charge is 0.142 e. The average Bonchev–Trinajstić information content (AvgIpc) is 3.04. The molecule has 0 aliphatic carbocycles. The van der Waals surface area contributed by atoms with Gasteiger partial charge in [-0.25, -0.2) is 4.98 Å². The second-order valence-corrected chi connectivity index (χ2v) is 5.74. The lowest BCUT2D eigenvalue weighted by atomic mass is 10.1. The number of hydrogen-bond acceptors (Lipinski definition) is 5. The Kier molecular flexibility index (Phi) is 4.78. The number of nitrogens with zero attached hydrogens (tertiary/aromatic N) is 2. The van der Waals surface area contributed by atoms with Crippen molar-refractivity contribution < 1.29 is 5.11 Å². The Bertz CT molecular complexity index is 710. The van der Waals surface area contributed by atoms with Gasteiger partial charge in [0.2, 0.25) is 0 Å². The number of pyridine rings is 1. The van der Waals surface area contributed by atoms with E-state index < -0.39 is 0 Å². The van der Waals surface area contributed by atoms with Crippen LogP contribution in [0.3, 0.4) is 0 Å². The van der Waals surface area contributed by atoms with E-state index in [4.69, 9.17) is 5.11 Å². The standard InChI is InChI=1S/C17H17N3OS/c21-10-8-13-4-6-14(7-5-13)19-11-15-12-22-17(20-15)16-3-1-2-9-18-16/h1-7,9,12,19,21H,8,10-11H2. The van der Waals surface area contributed by atoms with Crippen LogP contribution in [-0.4, -0.2) is 21.7 Å². The molecular formula is C17H17N3OS. The molecule has 0 bridgehead atoms. The van der Waals surface area contributed by atoms with E-state index in [1.165, 1.54) is 0 Å². The molecule has 2 N–H and O–H groups in total. The molecule has 0 amide bonds. The number of aliphatic hydroxyl groups is 1. The predicted molar refractivity (Wildman–Crippen MR) is 89.9 cm³/mol. The molecule has 5 heteroatoms. The van der Waals surface area contributed by atoms with Gasteiger partial charge in [-0.05, 0) is 36.2 Å². The van der Waals surface area contributed by atoms with Gasteiger partial charge >= 0.3 is 0 Å². The van der Waals surface area contributed by atoms with Crippen molar-refractivity contribution in [3.63, 3.8) is 0 Å². The van der Waals surface area contributed by atoms with Gasteiger partial charge in [0, 0.05) is 23.9 Å². The van der Waals surface area contributed by atoms with Crippen molar-refractivity contribution >= 4 is 17.0 Å². The topological polar surface area (TPSA) is 58.0 Å². The maximum absolute atomic E-state index is 8.91. The third kappa shape index (κ3) is 3.69. The van der Waals surface area contributed by atoms with E-state index in [-0.39, 0.29) is 6.61 Å². The van der Waals surface area contributed by atoms with E-state index in [1.807, 2.05) is 42.5 Å². The van der Waals surface area contributed by atoms with Gasteiger partial charge in [0.05, 0.1) is 17.9 Å². The maximum Gasteiger partial charge on any atom is 0.142 e. The van der Waals surface area contributed by atoms with Gasteiger partial charge in [-0.2, -0.15) is 0 Å². The maximum atomic E-state index is 8.91. The number of rotatable bonds is 6. The number of aliphatic hydroxyl groups excluding tert-OH is 1. The Morgan fingerprint density at radius 3 is 2.68 bits per heavy atom. The van der Waals surface area contributed by atoms with Gasteiger partial charge < -0.3 is 10.4 Å².